The molecule has 2 saturated heterocycles. The number of ether oxygens (including phenoxy) is 1. The van der Waals surface area contributed by atoms with Crippen molar-refractivity contribution in [3.63, 3.8) is 0 Å². The van der Waals surface area contributed by atoms with E-state index >= 15 is 4.39 Å². The number of carbonyl (C=O) groups excluding carboxylic acids is 5. The molecule has 1 atom stereocenters. The van der Waals surface area contributed by atoms with Gasteiger partial charge in [-0.05, 0) is 36.8 Å². The topological polar surface area (TPSA) is 166 Å². The highest BCUT2D eigenvalue weighted by Gasteiger charge is 2.46. The molecule has 4 aromatic rings. The summed E-state index contributed by atoms with van der Waals surface area (Å²) in [6, 6.07) is 9.26. The number of nitrogens with one attached hydrogen (secondary N) is 3. The van der Waals surface area contributed by atoms with Crippen LogP contribution in [-0.2, 0) is 20.9 Å². The summed E-state index contributed by atoms with van der Waals surface area (Å²) in [4.78, 5) is 76.6. The molecule has 7 rings (SSSR count). The number of nitrogens with zero attached hydrogens (tertiary/aromatic N) is 5. The van der Waals surface area contributed by atoms with Gasteiger partial charge in [0.25, 0.3) is 11.8 Å². The van der Waals surface area contributed by atoms with Crippen LogP contribution in [0.15, 0.2) is 60.9 Å². The highest BCUT2D eigenvalue weighted by atomic mass is 35.5. The number of piperidine rings is 1. The van der Waals surface area contributed by atoms with Gasteiger partial charge in [0.1, 0.15) is 35.6 Å². The molecule has 54 heavy (non-hydrogen) atoms. The fourth-order valence-corrected chi connectivity index (χ4v) is 6.88. The summed E-state index contributed by atoms with van der Waals surface area (Å²) < 4.78 is 34.9. The Labute approximate surface area is 312 Å². The third-order valence-corrected chi connectivity index (χ3v) is 9.80. The normalized spacial score (nSPS) is 18.0. The van der Waals surface area contributed by atoms with Gasteiger partial charge in [-0.1, -0.05) is 23.7 Å². The van der Waals surface area contributed by atoms with Crippen molar-refractivity contribution in [3.8, 4) is 5.75 Å². The van der Waals surface area contributed by atoms with E-state index in [1.54, 1.807) is 18.2 Å². The summed E-state index contributed by atoms with van der Waals surface area (Å²) in [6.45, 7) is 3.13. The predicted octanol–water partition coefficient (Wildman–Crippen LogP) is 4.03. The average Bonchev–Trinajstić information content (AvgIpc) is 3.40. The summed E-state index contributed by atoms with van der Waals surface area (Å²) in [7, 11) is 1.48. The summed E-state index contributed by atoms with van der Waals surface area (Å²) in [5.74, 6) is -3.82. The Kier molecular flexibility index (Phi) is 10.3. The van der Waals surface area contributed by atoms with E-state index in [0.29, 0.717) is 66.6 Å². The van der Waals surface area contributed by atoms with Crippen molar-refractivity contribution >= 4 is 69.2 Å². The monoisotopic (exact) mass is 758 g/mol. The van der Waals surface area contributed by atoms with Crippen molar-refractivity contribution in [1.82, 2.24) is 30.0 Å². The highest BCUT2D eigenvalue weighted by molar-refractivity contribution is 6.31. The number of fused-ring (bicyclic) bond motifs is 2. The van der Waals surface area contributed by atoms with E-state index in [1.165, 1.54) is 49.8 Å². The fraction of sp³-hybridized carbons (Fsp3) is 0.270. The number of piperazine rings is 1. The molecule has 4 heterocycles. The Hall–Kier alpha value is -5.84. The number of methoxy groups -OCH3 is 1. The van der Waals surface area contributed by atoms with E-state index in [1.807, 2.05) is 4.90 Å². The van der Waals surface area contributed by atoms with Crippen LogP contribution in [0.4, 0.5) is 26.0 Å². The molecule has 3 N–H and O–H groups in total. The number of halogens is 3. The maximum atomic E-state index is 15.7. The van der Waals surface area contributed by atoms with Crippen LogP contribution < -0.4 is 20.7 Å². The molecule has 0 saturated carbocycles. The maximum absolute atomic E-state index is 15.7. The number of benzene rings is 3. The van der Waals surface area contributed by atoms with Gasteiger partial charge in [-0.3, -0.25) is 44.0 Å². The third kappa shape index (κ3) is 7.35. The Morgan fingerprint density at radius 3 is 2.54 bits per heavy atom. The van der Waals surface area contributed by atoms with Crippen molar-refractivity contribution in [2.24, 2.45) is 0 Å². The summed E-state index contributed by atoms with van der Waals surface area (Å²) in [6.07, 6.45) is 4.49. The zero-order valence-corrected chi connectivity index (χ0v) is 29.6. The Morgan fingerprint density at radius 1 is 1.02 bits per heavy atom. The van der Waals surface area contributed by atoms with E-state index < -0.39 is 41.3 Å². The lowest BCUT2D eigenvalue weighted by molar-refractivity contribution is -0.136. The minimum absolute atomic E-state index is 0.0137. The fourth-order valence-electron chi connectivity index (χ4n) is 6.70. The first-order valence-corrected chi connectivity index (χ1v) is 17.4. The van der Waals surface area contributed by atoms with Crippen LogP contribution >= 0.6 is 11.6 Å². The van der Waals surface area contributed by atoms with Crippen LogP contribution in [0.1, 0.15) is 39.1 Å². The molecule has 0 bridgehead atoms. The standard InChI is InChI=1S/C37H33ClF2N8O6/c1-54-29-17-26-23(34(42-19-41-26)43-21-5-7-25(39)24(38)15-21)16-27(29)44-30(49)3-2-10-46-11-13-47(14-12-46)18-20-4-6-22-32(33(20)40)37(53)48(36(22)52)28-8-9-31(50)45-35(28)51/h2-7,15-17,19,28H,8-14,18H2,1H3,(H,44,49)(H,41,42,43)(H,45,50,51)/b3-2+. The number of anilines is 3. The smallest absolute Gasteiger partial charge is 0.265 e. The van der Waals surface area contributed by atoms with Crippen LogP contribution in [0.3, 0.4) is 0 Å². The van der Waals surface area contributed by atoms with Gasteiger partial charge in [-0.25, -0.2) is 18.7 Å². The molecule has 0 radical (unpaired) electrons. The second kappa shape index (κ2) is 15.3. The number of rotatable bonds is 10. The molecular formula is C37H33ClF2N8O6. The first-order valence-electron chi connectivity index (χ1n) is 17.0. The lowest BCUT2D eigenvalue weighted by Crippen LogP contribution is -2.54. The van der Waals surface area contributed by atoms with Gasteiger partial charge in [0.2, 0.25) is 17.7 Å². The Bertz CT molecular complexity index is 2250. The first kappa shape index (κ1) is 36.5. The van der Waals surface area contributed by atoms with Crippen LogP contribution in [0.25, 0.3) is 10.9 Å². The van der Waals surface area contributed by atoms with Gasteiger partial charge in [0.15, 0.2) is 0 Å². The van der Waals surface area contributed by atoms with Crippen molar-refractivity contribution in [2.45, 2.75) is 25.4 Å². The lowest BCUT2D eigenvalue weighted by atomic mass is 10.0. The quantitative estimate of drug-likeness (QED) is 0.158. The van der Waals surface area contributed by atoms with Crippen molar-refractivity contribution in [3.05, 3.63) is 94.3 Å². The second-order valence-electron chi connectivity index (χ2n) is 12.9. The zero-order chi connectivity index (χ0) is 38.1. The minimum atomic E-state index is -1.17. The maximum Gasteiger partial charge on any atom is 0.265 e. The highest BCUT2D eigenvalue weighted by Crippen LogP contribution is 2.34. The van der Waals surface area contributed by atoms with Gasteiger partial charge < -0.3 is 15.4 Å². The first-order chi connectivity index (χ1) is 26.0. The van der Waals surface area contributed by atoms with Gasteiger partial charge in [0, 0.05) is 74.5 Å². The van der Waals surface area contributed by atoms with Gasteiger partial charge in [-0.15, -0.1) is 0 Å². The molecule has 3 aromatic carbocycles. The summed E-state index contributed by atoms with van der Waals surface area (Å²) >= 11 is 5.93. The zero-order valence-electron chi connectivity index (χ0n) is 28.8. The molecule has 278 valence electrons. The van der Waals surface area contributed by atoms with Gasteiger partial charge in [-0.2, -0.15) is 0 Å². The average molecular weight is 759 g/mol. The van der Waals surface area contributed by atoms with E-state index in [0.717, 1.165) is 4.90 Å². The molecule has 14 nitrogen and oxygen atoms in total. The van der Waals surface area contributed by atoms with Crippen LogP contribution in [0.2, 0.25) is 5.02 Å². The number of amides is 5. The van der Waals surface area contributed by atoms with E-state index in [9.17, 15) is 28.4 Å². The molecule has 1 unspecified atom stereocenters. The summed E-state index contributed by atoms with van der Waals surface area (Å²) in [5, 5.41) is 8.60. The molecule has 3 aliphatic heterocycles. The predicted molar refractivity (Wildman–Crippen MR) is 193 cm³/mol. The number of imide groups is 2. The van der Waals surface area contributed by atoms with E-state index in [4.69, 9.17) is 16.3 Å². The molecule has 3 aliphatic rings. The van der Waals surface area contributed by atoms with Crippen molar-refractivity contribution < 1.29 is 37.5 Å². The molecule has 0 spiro atoms. The van der Waals surface area contributed by atoms with E-state index in [2.05, 4.69) is 30.8 Å². The third-order valence-electron chi connectivity index (χ3n) is 9.51. The second-order valence-corrected chi connectivity index (χ2v) is 13.3. The van der Waals surface area contributed by atoms with Gasteiger partial charge >= 0.3 is 0 Å². The number of hydrogen-bond acceptors (Lipinski definition) is 11. The Balaban J connectivity index is 0.937. The molecule has 5 amide bonds. The Morgan fingerprint density at radius 2 is 1.80 bits per heavy atom. The van der Waals surface area contributed by atoms with Crippen LogP contribution in [-0.4, -0.2) is 100 Å². The molecule has 2 fully saturated rings. The SMILES string of the molecule is COc1cc2ncnc(Nc3ccc(F)c(Cl)c3)c2cc1NC(=O)/C=C/CN1CCN(Cc2ccc3c(c2F)C(=O)N(C2CCC(=O)NC2=O)C3=O)CC1. The minimum Gasteiger partial charge on any atom is -0.494 e. The molecular weight excluding hydrogens is 726 g/mol. The number of carbonyl (C=O) groups is 5. The molecule has 1 aromatic heterocycles. The summed E-state index contributed by atoms with van der Waals surface area (Å²) in [5.41, 5.74) is 1.24. The van der Waals surface area contributed by atoms with Crippen molar-refractivity contribution in [1.29, 1.82) is 0 Å². The molecule has 17 heteroatoms. The van der Waals surface area contributed by atoms with Crippen LogP contribution in [0.5, 0.6) is 5.75 Å². The van der Waals surface area contributed by atoms with Crippen LogP contribution in [0, 0.1) is 11.6 Å². The largest absolute Gasteiger partial charge is 0.494 e. The van der Waals surface area contributed by atoms with E-state index in [-0.39, 0.29) is 47.0 Å². The lowest BCUT2D eigenvalue weighted by Gasteiger charge is -2.34. The van der Waals surface area contributed by atoms with Gasteiger partial charge in [0.05, 0.1) is 34.5 Å². The van der Waals surface area contributed by atoms with Crippen molar-refractivity contribution in [2.75, 3.05) is 50.5 Å². The molecule has 0 aliphatic carbocycles. The number of aromatic nitrogens is 2. The number of hydrogen-bond donors (Lipinski definition) is 3.